The minimum atomic E-state index is -0.694. The second kappa shape index (κ2) is 6.35. The maximum Gasteiger partial charge on any atom is 0.237 e. The van der Waals surface area contributed by atoms with Crippen molar-refractivity contribution < 1.29 is 14.3 Å². The van der Waals surface area contributed by atoms with E-state index < -0.39 is 5.54 Å². The maximum atomic E-state index is 11.8. The number of benzene rings is 1. The number of aryl methyl sites for hydroxylation is 1. The van der Waals surface area contributed by atoms with Crippen LogP contribution in [0, 0.1) is 5.92 Å². The Morgan fingerprint density at radius 2 is 2.10 bits per heavy atom. The van der Waals surface area contributed by atoms with Crippen LogP contribution in [0.1, 0.15) is 32.8 Å². The fourth-order valence-corrected chi connectivity index (χ4v) is 2.22. The molecule has 5 nitrogen and oxygen atoms in total. The predicted octanol–water partition coefficient (Wildman–Crippen LogP) is 1.84. The average molecular weight is 292 g/mol. The highest BCUT2D eigenvalue weighted by Gasteiger charge is 2.30. The molecule has 0 radical (unpaired) electrons. The summed E-state index contributed by atoms with van der Waals surface area (Å²) in [5.74, 6) is 1.69. The molecule has 1 aliphatic heterocycles. The van der Waals surface area contributed by atoms with Crippen molar-refractivity contribution in [3.05, 3.63) is 23.8 Å². The first kappa shape index (κ1) is 15.6. The zero-order valence-electron chi connectivity index (χ0n) is 12.9. The summed E-state index contributed by atoms with van der Waals surface area (Å²) in [4.78, 5) is 11.8. The van der Waals surface area contributed by atoms with E-state index in [0.717, 1.165) is 30.0 Å². The maximum absolute atomic E-state index is 11.8. The molecule has 1 aliphatic rings. The van der Waals surface area contributed by atoms with Gasteiger partial charge < -0.3 is 20.5 Å². The highest BCUT2D eigenvalue weighted by atomic mass is 16.7. The lowest BCUT2D eigenvalue weighted by Crippen LogP contribution is -2.54. The predicted molar refractivity (Wildman–Crippen MR) is 81.3 cm³/mol. The van der Waals surface area contributed by atoms with E-state index in [4.69, 9.17) is 15.2 Å². The molecule has 3 N–H and O–H groups in total. The van der Waals surface area contributed by atoms with Crippen molar-refractivity contribution in [1.29, 1.82) is 0 Å². The number of rotatable bonds is 7. The number of amides is 1. The van der Waals surface area contributed by atoms with Gasteiger partial charge in [-0.25, -0.2) is 0 Å². The zero-order valence-corrected chi connectivity index (χ0v) is 12.9. The summed E-state index contributed by atoms with van der Waals surface area (Å²) in [6.45, 7) is 7.11. The molecule has 2 rings (SSSR count). The summed E-state index contributed by atoms with van der Waals surface area (Å²) in [6.07, 6.45) is 1.40. The Morgan fingerprint density at radius 1 is 1.38 bits per heavy atom. The number of fused-ring (bicyclic) bond motifs is 1. The third-order valence-electron chi connectivity index (χ3n) is 3.79. The third kappa shape index (κ3) is 3.88. The Bertz CT molecular complexity index is 516. The number of carbonyl (C=O) groups is 1. The summed E-state index contributed by atoms with van der Waals surface area (Å²) in [7, 11) is 0. The standard InChI is InChI=1S/C16H24N2O3/c1-11(2)9-18-16(3,15(17)19)7-6-12-4-5-13-14(8-12)21-10-20-13/h4-5,8,11,18H,6-7,9-10H2,1-3H3,(H2,17,19). The van der Waals surface area contributed by atoms with E-state index in [1.165, 1.54) is 0 Å². The minimum absolute atomic E-state index is 0.272. The number of nitrogens with one attached hydrogen (secondary N) is 1. The normalized spacial score (nSPS) is 16.0. The van der Waals surface area contributed by atoms with Crippen LogP contribution in [0.5, 0.6) is 11.5 Å². The van der Waals surface area contributed by atoms with Crippen molar-refractivity contribution in [2.24, 2.45) is 11.7 Å². The van der Waals surface area contributed by atoms with Crippen LogP contribution in [0.2, 0.25) is 0 Å². The number of hydrogen-bond acceptors (Lipinski definition) is 4. The van der Waals surface area contributed by atoms with E-state index in [1.54, 1.807) is 0 Å². The molecule has 0 saturated carbocycles. The lowest BCUT2D eigenvalue weighted by atomic mass is 9.91. The van der Waals surface area contributed by atoms with E-state index in [9.17, 15) is 4.79 Å². The first-order valence-electron chi connectivity index (χ1n) is 7.34. The lowest BCUT2D eigenvalue weighted by molar-refractivity contribution is -0.124. The van der Waals surface area contributed by atoms with Gasteiger partial charge >= 0.3 is 0 Å². The first-order valence-corrected chi connectivity index (χ1v) is 7.34. The molecule has 0 bridgehead atoms. The Hall–Kier alpha value is -1.75. The van der Waals surface area contributed by atoms with Crippen LogP contribution >= 0.6 is 0 Å². The van der Waals surface area contributed by atoms with Crippen LogP contribution in [0.25, 0.3) is 0 Å². The number of ether oxygens (including phenoxy) is 2. The molecule has 0 spiro atoms. The minimum Gasteiger partial charge on any atom is -0.454 e. The van der Waals surface area contributed by atoms with Gasteiger partial charge in [-0.05, 0) is 49.9 Å². The Morgan fingerprint density at radius 3 is 2.76 bits per heavy atom. The second-order valence-electron chi connectivity index (χ2n) is 6.16. The Labute approximate surface area is 125 Å². The lowest BCUT2D eigenvalue weighted by Gasteiger charge is -2.28. The fraction of sp³-hybridized carbons (Fsp3) is 0.562. The van der Waals surface area contributed by atoms with Gasteiger partial charge in [-0.1, -0.05) is 19.9 Å². The largest absolute Gasteiger partial charge is 0.454 e. The van der Waals surface area contributed by atoms with E-state index in [0.29, 0.717) is 12.3 Å². The smallest absolute Gasteiger partial charge is 0.237 e. The highest BCUT2D eigenvalue weighted by molar-refractivity contribution is 5.84. The van der Waals surface area contributed by atoms with Crippen molar-refractivity contribution >= 4 is 5.91 Å². The second-order valence-corrected chi connectivity index (χ2v) is 6.16. The van der Waals surface area contributed by atoms with Gasteiger partial charge in [0.2, 0.25) is 12.7 Å². The fourth-order valence-electron chi connectivity index (χ4n) is 2.22. The Balaban J connectivity index is 1.99. The van der Waals surface area contributed by atoms with Crippen molar-refractivity contribution in [3.63, 3.8) is 0 Å². The van der Waals surface area contributed by atoms with Gasteiger partial charge in [-0.15, -0.1) is 0 Å². The number of carbonyl (C=O) groups excluding carboxylic acids is 1. The van der Waals surface area contributed by atoms with Gasteiger partial charge in [0.15, 0.2) is 11.5 Å². The summed E-state index contributed by atoms with van der Waals surface area (Å²) >= 11 is 0. The van der Waals surface area contributed by atoms with E-state index >= 15 is 0 Å². The summed E-state index contributed by atoms with van der Waals surface area (Å²) < 4.78 is 10.7. The summed E-state index contributed by atoms with van der Waals surface area (Å²) in [5, 5.41) is 3.29. The Kier molecular flexibility index (Phi) is 4.73. The number of primary amides is 1. The SMILES string of the molecule is CC(C)CNC(C)(CCc1ccc2c(c1)OCO2)C(N)=O. The van der Waals surface area contributed by atoms with Crippen LogP contribution in [0.3, 0.4) is 0 Å². The van der Waals surface area contributed by atoms with Crippen LogP contribution < -0.4 is 20.5 Å². The monoisotopic (exact) mass is 292 g/mol. The van der Waals surface area contributed by atoms with Gasteiger partial charge in [0.1, 0.15) is 0 Å². The topological polar surface area (TPSA) is 73.6 Å². The molecule has 1 atom stereocenters. The molecular weight excluding hydrogens is 268 g/mol. The highest BCUT2D eigenvalue weighted by Crippen LogP contribution is 2.33. The van der Waals surface area contributed by atoms with E-state index in [2.05, 4.69) is 19.2 Å². The van der Waals surface area contributed by atoms with Crippen molar-refractivity contribution in [2.75, 3.05) is 13.3 Å². The van der Waals surface area contributed by atoms with Gasteiger partial charge in [-0.2, -0.15) is 0 Å². The van der Waals surface area contributed by atoms with Gasteiger partial charge in [0.05, 0.1) is 5.54 Å². The summed E-state index contributed by atoms with van der Waals surface area (Å²) in [5.41, 5.74) is 5.98. The van der Waals surface area contributed by atoms with Crippen LogP contribution in [-0.2, 0) is 11.2 Å². The van der Waals surface area contributed by atoms with Gasteiger partial charge in [0.25, 0.3) is 0 Å². The molecular formula is C16H24N2O3. The zero-order chi connectivity index (χ0) is 15.5. The van der Waals surface area contributed by atoms with Gasteiger partial charge in [-0.3, -0.25) is 4.79 Å². The van der Waals surface area contributed by atoms with Gasteiger partial charge in [0, 0.05) is 0 Å². The molecule has 1 unspecified atom stereocenters. The van der Waals surface area contributed by atoms with Crippen LogP contribution in [-0.4, -0.2) is 24.8 Å². The van der Waals surface area contributed by atoms with Crippen LogP contribution in [0.15, 0.2) is 18.2 Å². The van der Waals surface area contributed by atoms with E-state index in [1.807, 2.05) is 25.1 Å². The third-order valence-corrected chi connectivity index (χ3v) is 3.79. The van der Waals surface area contributed by atoms with E-state index in [-0.39, 0.29) is 12.7 Å². The molecule has 0 aromatic heterocycles. The molecule has 0 aliphatic carbocycles. The molecule has 1 heterocycles. The molecule has 0 fully saturated rings. The average Bonchev–Trinajstić information content (AvgIpc) is 2.90. The van der Waals surface area contributed by atoms with Crippen molar-refractivity contribution in [3.8, 4) is 11.5 Å². The molecule has 1 aromatic carbocycles. The number of hydrogen-bond donors (Lipinski definition) is 2. The molecule has 116 valence electrons. The molecule has 5 heteroatoms. The molecule has 21 heavy (non-hydrogen) atoms. The molecule has 1 aromatic rings. The number of nitrogens with two attached hydrogens (primary N) is 1. The molecule has 0 saturated heterocycles. The summed E-state index contributed by atoms with van der Waals surface area (Å²) in [6, 6.07) is 5.87. The van der Waals surface area contributed by atoms with Crippen LogP contribution in [0.4, 0.5) is 0 Å². The molecule has 1 amide bonds. The first-order chi connectivity index (χ1) is 9.90. The van der Waals surface area contributed by atoms with Crippen molar-refractivity contribution in [2.45, 2.75) is 39.2 Å². The van der Waals surface area contributed by atoms with Crippen molar-refractivity contribution in [1.82, 2.24) is 5.32 Å². The quantitative estimate of drug-likeness (QED) is 0.804.